The van der Waals surface area contributed by atoms with E-state index in [1.165, 1.54) is 0 Å². The molecular weight excluding hydrogens is 226 g/mol. The molecule has 0 amide bonds. The van der Waals surface area contributed by atoms with Crippen LogP contribution in [0, 0.1) is 0 Å². The summed E-state index contributed by atoms with van der Waals surface area (Å²) in [4.78, 5) is 11.0. The van der Waals surface area contributed by atoms with Crippen molar-refractivity contribution < 1.29 is 9.90 Å². The van der Waals surface area contributed by atoms with Crippen LogP contribution in [0.25, 0.3) is 12.2 Å². The Morgan fingerprint density at radius 1 is 0.944 bits per heavy atom. The number of hydrogen-bond acceptors (Lipinski definition) is 2. The molecule has 3 heteroatoms. The van der Waals surface area contributed by atoms with Crippen LogP contribution < -0.4 is 5.32 Å². The maximum Gasteiger partial charge on any atom is 0.335 e. The second-order valence-electron chi connectivity index (χ2n) is 4.15. The molecule has 2 aromatic rings. The molecule has 0 saturated carbocycles. The molecule has 0 bridgehead atoms. The lowest BCUT2D eigenvalue weighted by Gasteiger charge is -2.10. The largest absolute Gasteiger partial charge is 0.478 e. The first-order valence-corrected chi connectivity index (χ1v) is 5.65. The summed E-state index contributed by atoms with van der Waals surface area (Å²) in [5.74, 6) is -0.916. The van der Waals surface area contributed by atoms with Gasteiger partial charge in [-0.1, -0.05) is 36.4 Å². The van der Waals surface area contributed by atoms with Crippen LogP contribution >= 0.6 is 0 Å². The van der Waals surface area contributed by atoms with Crippen molar-refractivity contribution in [3.05, 3.63) is 59.2 Å². The number of para-hydroxylation sites is 1. The summed E-state index contributed by atoms with van der Waals surface area (Å²) in [5, 5.41) is 12.3. The van der Waals surface area contributed by atoms with Crippen molar-refractivity contribution in [2.75, 3.05) is 5.32 Å². The molecular formula is C15H11NO2. The number of carbonyl (C=O) groups is 1. The summed E-state index contributed by atoms with van der Waals surface area (Å²) in [6.07, 6.45) is 4.01. The van der Waals surface area contributed by atoms with Gasteiger partial charge in [0.05, 0.1) is 5.56 Å². The highest BCUT2D eigenvalue weighted by Crippen LogP contribution is 2.30. The van der Waals surface area contributed by atoms with Gasteiger partial charge in [0.25, 0.3) is 0 Å². The summed E-state index contributed by atoms with van der Waals surface area (Å²) < 4.78 is 0. The second kappa shape index (κ2) is 4.04. The fourth-order valence-electron chi connectivity index (χ4n) is 2.02. The first-order chi connectivity index (χ1) is 8.74. The number of anilines is 2. The van der Waals surface area contributed by atoms with E-state index in [9.17, 15) is 4.79 Å². The van der Waals surface area contributed by atoms with Crippen molar-refractivity contribution in [1.29, 1.82) is 0 Å². The van der Waals surface area contributed by atoms with E-state index < -0.39 is 5.97 Å². The molecule has 1 aliphatic heterocycles. The number of fused-ring (bicyclic) bond motifs is 2. The van der Waals surface area contributed by atoms with E-state index in [4.69, 9.17) is 5.11 Å². The molecule has 3 nitrogen and oxygen atoms in total. The van der Waals surface area contributed by atoms with Crippen LogP contribution in [0.5, 0.6) is 0 Å². The molecule has 0 spiro atoms. The molecule has 0 radical (unpaired) electrons. The molecule has 3 rings (SSSR count). The first-order valence-electron chi connectivity index (χ1n) is 5.65. The third-order valence-electron chi connectivity index (χ3n) is 2.97. The second-order valence-corrected chi connectivity index (χ2v) is 4.15. The minimum absolute atomic E-state index is 0.286. The Morgan fingerprint density at radius 2 is 1.67 bits per heavy atom. The minimum atomic E-state index is -0.916. The van der Waals surface area contributed by atoms with Crippen LogP contribution in [0.1, 0.15) is 21.5 Å². The Kier molecular flexibility index (Phi) is 2.38. The van der Waals surface area contributed by atoms with Crippen molar-refractivity contribution in [2.24, 2.45) is 0 Å². The predicted molar refractivity (Wildman–Crippen MR) is 72.1 cm³/mol. The maximum absolute atomic E-state index is 11.0. The topological polar surface area (TPSA) is 49.3 Å². The minimum Gasteiger partial charge on any atom is -0.478 e. The summed E-state index contributed by atoms with van der Waals surface area (Å²) in [6.45, 7) is 0. The number of aromatic carboxylic acids is 1. The lowest BCUT2D eigenvalue weighted by Crippen LogP contribution is -1.99. The smallest absolute Gasteiger partial charge is 0.335 e. The lowest BCUT2D eigenvalue weighted by atomic mass is 10.1. The first kappa shape index (κ1) is 10.6. The Bertz CT molecular complexity index is 659. The fraction of sp³-hybridized carbons (Fsp3) is 0. The number of rotatable bonds is 1. The van der Waals surface area contributed by atoms with Gasteiger partial charge in [-0.3, -0.25) is 0 Å². The average Bonchev–Trinajstić information content (AvgIpc) is 2.56. The SMILES string of the molecule is O=C(O)c1ccc2c(c1)Nc1ccccc1C=C2. The van der Waals surface area contributed by atoms with Gasteiger partial charge in [-0.15, -0.1) is 0 Å². The van der Waals surface area contributed by atoms with Crippen LogP contribution in [-0.2, 0) is 0 Å². The van der Waals surface area contributed by atoms with Crippen molar-refractivity contribution in [2.45, 2.75) is 0 Å². The normalized spacial score (nSPS) is 12.0. The maximum atomic E-state index is 11.0. The van der Waals surface area contributed by atoms with Gasteiger partial charge in [0.15, 0.2) is 0 Å². The molecule has 88 valence electrons. The molecule has 18 heavy (non-hydrogen) atoms. The number of carboxylic acid groups (broad SMARTS) is 1. The van der Waals surface area contributed by atoms with E-state index in [-0.39, 0.29) is 5.56 Å². The highest BCUT2D eigenvalue weighted by molar-refractivity contribution is 5.93. The van der Waals surface area contributed by atoms with Gasteiger partial charge in [-0.25, -0.2) is 4.79 Å². The van der Waals surface area contributed by atoms with Crippen molar-refractivity contribution in [3.63, 3.8) is 0 Å². The van der Waals surface area contributed by atoms with Crippen LogP contribution in [-0.4, -0.2) is 11.1 Å². The molecule has 0 aromatic heterocycles. The summed E-state index contributed by atoms with van der Waals surface area (Å²) in [6, 6.07) is 13.0. The molecule has 1 heterocycles. The van der Waals surface area contributed by atoms with Gasteiger partial charge in [0.2, 0.25) is 0 Å². The molecule has 2 N–H and O–H groups in total. The van der Waals surface area contributed by atoms with Gasteiger partial charge in [-0.2, -0.15) is 0 Å². The highest BCUT2D eigenvalue weighted by Gasteiger charge is 2.10. The van der Waals surface area contributed by atoms with Gasteiger partial charge < -0.3 is 10.4 Å². The quantitative estimate of drug-likeness (QED) is 0.679. The Hall–Kier alpha value is -2.55. The highest BCUT2D eigenvalue weighted by atomic mass is 16.4. The van der Waals surface area contributed by atoms with Gasteiger partial charge in [0, 0.05) is 11.4 Å². The molecule has 1 aliphatic rings. The van der Waals surface area contributed by atoms with Crippen LogP contribution in [0.4, 0.5) is 11.4 Å². The van der Waals surface area contributed by atoms with Crippen molar-refractivity contribution in [1.82, 2.24) is 0 Å². The Morgan fingerprint density at radius 3 is 2.44 bits per heavy atom. The van der Waals surface area contributed by atoms with E-state index in [0.29, 0.717) is 0 Å². The van der Waals surface area contributed by atoms with Crippen molar-refractivity contribution >= 4 is 29.5 Å². The van der Waals surface area contributed by atoms with Gasteiger partial charge in [-0.05, 0) is 29.3 Å². The Labute approximate surface area is 104 Å². The molecule has 0 unspecified atom stereocenters. The zero-order valence-corrected chi connectivity index (χ0v) is 9.55. The summed E-state index contributed by atoms with van der Waals surface area (Å²) in [5.41, 5.74) is 4.15. The van der Waals surface area contributed by atoms with Crippen molar-refractivity contribution in [3.8, 4) is 0 Å². The monoisotopic (exact) mass is 237 g/mol. The fourth-order valence-corrected chi connectivity index (χ4v) is 2.02. The van der Waals surface area contributed by atoms with Crippen LogP contribution in [0.3, 0.4) is 0 Å². The zero-order valence-electron chi connectivity index (χ0n) is 9.55. The molecule has 0 aliphatic carbocycles. The number of carboxylic acids is 1. The summed E-state index contributed by atoms with van der Waals surface area (Å²) in [7, 11) is 0. The molecule has 0 saturated heterocycles. The number of nitrogens with one attached hydrogen (secondary N) is 1. The molecule has 0 fully saturated rings. The average molecular weight is 237 g/mol. The molecule has 0 atom stereocenters. The number of hydrogen-bond donors (Lipinski definition) is 2. The van der Waals surface area contributed by atoms with E-state index in [0.717, 1.165) is 22.5 Å². The van der Waals surface area contributed by atoms with Gasteiger partial charge >= 0.3 is 5.97 Å². The van der Waals surface area contributed by atoms with Crippen LogP contribution in [0.15, 0.2) is 42.5 Å². The summed E-state index contributed by atoms with van der Waals surface area (Å²) >= 11 is 0. The standard InChI is InChI=1S/C15H11NO2/c17-15(18)12-8-7-11-6-5-10-3-1-2-4-13(10)16-14(11)9-12/h1-9,16H,(H,17,18). The van der Waals surface area contributed by atoms with Crippen LogP contribution in [0.2, 0.25) is 0 Å². The van der Waals surface area contributed by atoms with E-state index >= 15 is 0 Å². The third-order valence-corrected chi connectivity index (χ3v) is 2.97. The zero-order chi connectivity index (χ0) is 12.5. The third kappa shape index (κ3) is 1.76. The van der Waals surface area contributed by atoms with E-state index in [2.05, 4.69) is 5.32 Å². The predicted octanol–water partition coefficient (Wildman–Crippen LogP) is 3.61. The number of benzene rings is 2. The van der Waals surface area contributed by atoms with Gasteiger partial charge in [0.1, 0.15) is 0 Å². The lowest BCUT2D eigenvalue weighted by molar-refractivity contribution is 0.0697. The molecule has 2 aromatic carbocycles. The Balaban J connectivity index is 2.13. The van der Waals surface area contributed by atoms with E-state index in [1.807, 2.05) is 42.5 Å². The van der Waals surface area contributed by atoms with E-state index in [1.54, 1.807) is 12.1 Å².